The van der Waals surface area contributed by atoms with Crippen molar-refractivity contribution >= 4 is 11.9 Å². The second kappa shape index (κ2) is 7.45. The Hall–Kier alpha value is -2.14. The Bertz CT molecular complexity index is 511. The molecule has 5 heteroatoms. The van der Waals surface area contributed by atoms with Gasteiger partial charge in [-0.1, -0.05) is 12.1 Å². The predicted molar refractivity (Wildman–Crippen MR) is 75.8 cm³/mol. The topological polar surface area (TPSA) is 75.6 Å². The molecule has 0 bridgehead atoms. The van der Waals surface area contributed by atoms with Gasteiger partial charge >= 0.3 is 5.97 Å². The quantitative estimate of drug-likeness (QED) is 0.587. The maximum Gasteiger partial charge on any atom is 0.328 e. The highest BCUT2D eigenvalue weighted by Crippen LogP contribution is 2.10. The summed E-state index contributed by atoms with van der Waals surface area (Å²) in [5, 5.41) is 11.5. The number of carbonyl (C=O) groups excluding carboxylic acids is 1. The summed E-state index contributed by atoms with van der Waals surface area (Å²) in [5.74, 6) is -1.56. The van der Waals surface area contributed by atoms with E-state index in [9.17, 15) is 9.59 Å². The highest BCUT2D eigenvalue weighted by Gasteiger charge is 2.20. The van der Waals surface area contributed by atoms with E-state index in [-0.39, 0.29) is 13.2 Å². The van der Waals surface area contributed by atoms with E-state index in [0.29, 0.717) is 5.56 Å². The Balaban J connectivity index is 2.72. The third kappa shape index (κ3) is 4.51. The molecule has 1 rings (SSSR count). The Kier molecular flexibility index (Phi) is 5.93. The standard InChI is InChI=1S/C15H19NO4/c1-4-7-20-9-13(15(18)19)16-14(17)12-6-5-10(2)11(3)8-12/h4-6,8,13H,1,7,9H2,2-3H3,(H,16,17)(H,18,19). The molecule has 0 radical (unpaired) electrons. The maximum atomic E-state index is 12.0. The number of carboxylic acids is 1. The zero-order valence-corrected chi connectivity index (χ0v) is 11.7. The number of ether oxygens (including phenoxy) is 1. The van der Waals surface area contributed by atoms with E-state index in [1.165, 1.54) is 6.08 Å². The molecule has 1 aromatic carbocycles. The van der Waals surface area contributed by atoms with Gasteiger partial charge in [0.2, 0.25) is 0 Å². The van der Waals surface area contributed by atoms with Crippen LogP contribution in [0.2, 0.25) is 0 Å². The first-order valence-electron chi connectivity index (χ1n) is 6.25. The molecule has 1 aromatic rings. The number of hydrogen-bond donors (Lipinski definition) is 2. The summed E-state index contributed by atoms with van der Waals surface area (Å²) in [6, 6.07) is 4.15. The van der Waals surface area contributed by atoms with Crippen LogP contribution in [0.5, 0.6) is 0 Å². The van der Waals surface area contributed by atoms with Crippen molar-refractivity contribution in [2.45, 2.75) is 19.9 Å². The lowest BCUT2D eigenvalue weighted by Crippen LogP contribution is -2.44. The molecule has 2 N–H and O–H groups in total. The molecule has 5 nitrogen and oxygen atoms in total. The van der Waals surface area contributed by atoms with E-state index >= 15 is 0 Å². The molecule has 1 unspecified atom stereocenters. The average molecular weight is 277 g/mol. The highest BCUT2D eigenvalue weighted by molar-refractivity contribution is 5.96. The summed E-state index contributed by atoms with van der Waals surface area (Å²) in [6.07, 6.45) is 1.52. The van der Waals surface area contributed by atoms with Crippen LogP contribution in [-0.2, 0) is 9.53 Å². The van der Waals surface area contributed by atoms with Crippen molar-refractivity contribution in [3.8, 4) is 0 Å². The van der Waals surface area contributed by atoms with Gasteiger partial charge in [-0.2, -0.15) is 0 Å². The number of benzene rings is 1. The molecule has 0 aromatic heterocycles. The molecule has 0 aliphatic heterocycles. The fourth-order valence-electron chi connectivity index (χ4n) is 1.57. The smallest absolute Gasteiger partial charge is 0.328 e. The van der Waals surface area contributed by atoms with Crippen molar-refractivity contribution in [3.63, 3.8) is 0 Å². The van der Waals surface area contributed by atoms with E-state index in [0.717, 1.165) is 11.1 Å². The van der Waals surface area contributed by atoms with Crippen LogP contribution in [0.4, 0.5) is 0 Å². The van der Waals surface area contributed by atoms with Crippen molar-refractivity contribution in [3.05, 3.63) is 47.5 Å². The number of nitrogens with one attached hydrogen (secondary N) is 1. The van der Waals surface area contributed by atoms with Gasteiger partial charge in [-0.15, -0.1) is 6.58 Å². The zero-order chi connectivity index (χ0) is 15.1. The van der Waals surface area contributed by atoms with Crippen LogP contribution in [0.1, 0.15) is 21.5 Å². The Morgan fingerprint density at radius 1 is 1.40 bits per heavy atom. The lowest BCUT2D eigenvalue weighted by molar-refractivity contribution is -0.140. The van der Waals surface area contributed by atoms with Crippen LogP contribution in [0.3, 0.4) is 0 Å². The molecule has 0 saturated carbocycles. The molecule has 0 aliphatic rings. The van der Waals surface area contributed by atoms with E-state index in [4.69, 9.17) is 9.84 Å². The summed E-state index contributed by atoms with van der Waals surface area (Å²) in [7, 11) is 0. The molecule has 0 heterocycles. The summed E-state index contributed by atoms with van der Waals surface area (Å²) in [6.45, 7) is 7.45. The molecule has 1 amide bonds. The van der Waals surface area contributed by atoms with Crippen LogP contribution in [0.25, 0.3) is 0 Å². The SMILES string of the molecule is C=CCOCC(NC(=O)c1ccc(C)c(C)c1)C(=O)O. The number of aryl methyl sites for hydroxylation is 2. The van der Waals surface area contributed by atoms with Gasteiger partial charge in [0.1, 0.15) is 0 Å². The molecule has 108 valence electrons. The highest BCUT2D eigenvalue weighted by atomic mass is 16.5. The van der Waals surface area contributed by atoms with E-state index < -0.39 is 17.9 Å². The minimum Gasteiger partial charge on any atom is -0.480 e. The fourth-order valence-corrected chi connectivity index (χ4v) is 1.57. The molecule has 1 atom stereocenters. The number of carboxylic acid groups (broad SMARTS) is 1. The monoisotopic (exact) mass is 277 g/mol. The van der Waals surface area contributed by atoms with Gasteiger partial charge in [-0.25, -0.2) is 4.79 Å². The molecule has 0 spiro atoms. The first kappa shape index (κ1) is 15.9. The second-order valence-electron chi connectivity index (χ2n) is 4.49. The third-order valence-electron chi connectivity index (χ3n) is 2.89. The van der Waals surface area contributed by atoms with Crippen molar-refractivity contribution in [2.75, 3.05) is 13.2 Å². The number of hydrogen-bond acceptors (Lipinski definition) is 3. The van der Waals surface area contributed by atoms with Crippen LogP contribution in [-0.4, -0.2) is 36.2 Å². The van der Waals surface area contributed by atoms with Gasteiger partial charge < -0.3 is 15.2 Å². The summed E-state index contributed by atoms with van der Waals surface area (Å²) in [4.78, 5) is 23.1. The summed E-state index contributed by atoms with van der Waals surface area (Å²) >= 11 is 0. The van der Waals surface area contributed by atoms with Crippen molar-refractivity contribution in [2.24, 2.45) is 0 Å². The normalized spacial score (nSPS) is 11.7. The Morgan fingerprint density at radius 3 is 2.65 bits per heavy atom. The molecule has 20 heavy (non-hydrogen) atoms. The Morgan fingerprint density at radius 2 is 2.10 bits per heavy atom. The van der Waals surface area contributed by atoms with Crippen LogP contribution in [0, 0.1) is 13.8 Å². The first-order valence-corrected chi connectivity index (χ1v) is 6.25. The van der Waals surface area contributed by atoms with E-state index in [1.54, 1.807) is 12.1 Å². The van der Waals surface area contributed by atoms with Crippen LogP contribution in [0.15, 0.2) is 30.9 Å². The van der Waals surface area contributed by atoms with E-state index in [1.807, 2.05) is 19.9 Å². The minimum atomic E-state index is -1.13. The summed E-state index contributed by atoms with van der Waals surface area (Å²) < 4.78 is 5.07. The van der Waals surface area contributed by atoms with Gasteiger partial charge in [-0.05, 0) is 37.1 Å². The largest absolute Gasteiger partial charge is 0.480 e. The van der Waals surface area contributed by atoms with E-state index in [2.05, 4.69) is 11.9 Å². The van der Waals surface area contributed by atoms with Gasteiger partial charge in [0.05, 0.1) is 13.2 Å². The fraction of sp³-hybridized carbons (Fsp3) is 0.333. The lowest BCUT2D eigenvalue weighted by atomic mass is 10.1. The predicted octanol–water partition coefficient (Wildman–Crippen LogP) is 1.69. The second-order valence-corrected chi connectivity index (χ2v) is 4.49. The van der Waals surface area contributed by atoms with Gasteiger partial charge in [0, 0.05) is 5.56 Å². The summed E-state index contributed by atoms with van der Waals surface area (Å²) in [5.41, 5.74) is 2.49. The van der Waals surface area contributed by atoms with Crippen LogP contribution >= 0.6 is 0 Å². The van der Waals surface area contributed by atoms with Gasteiger partial charge in [0.15, 0.2) is 6.04 Å². The van der Waals surface area contributed by atoms with Crippen molar-refractivity contribution in [1.29, 1.82) is 0 Å². The molecule has 0 aliphatic carbocycles. The Labute approximate surface area is 118 Å². The lowest BCUT2D eigenvalue weighted by Gasteiger charge is -2.14. The molecule has 0 saturated heterocycles. The molecular weight excluding hydrogens is 258 g/mol. The third-order valence-corrected chi connectivity index (χ3v) is 2.89. The van der Waals surface area contributed by atoms with Gasteiger partial charge in [-0.3, -0.25) is 4.79 Å². The van der Waals surface area contributed by atoms with Crippen molar-refractivity contribution < 1.29 is 19.4 Å². The molecular formula is C15H19NO4. The van der Waals surface area contributed by atoms with Gasteiger partial charge in [0.25, 0.3) is 5.91 Å². The number of amides is 1. The van der Waals surface area contributed by atoms with Crippen molar-refractivity contribution in [1.82, 2.24) is 5.32 Å². The average Bonchev–Trinajstić information content (AvgIpc) is 2.40. The zero-order valence-electron chi connectivity index (χ0n) is 11.7. The number of aliphatic carboxylic acids is 1. The number of carbonyl (C=O) groups is 2. The first-order chi connectivity index (χ1) is 9.45. The number of rotatable bonds is 7. The molecule has 0 fully saturated rings. The maximum absolute atomic E-state index is 12.0. The van der Waals surface area contributed by atoms with Crippen LogP contribution < -0.4 is 5.32 Å². The minimum absolute atomic E-state index is 0.0993.